The van der Waals surface area contributed by atoms with Crippen molar-refractivity contribution in [1.29, 1.82) is 0 Å². The summed E-state index contributed by atoms with van der Waals surface area (Å²) in [4.78, 5) is 20.1. The Morgan fingerprint density at radius 2 is 1.59 bits per heavy atom. The molecule has 1 N–H and O–H groups in total. The number of hydrogen-bond acceptors (Lipinski definition) is 7. The van der Waals surface area contributed by atoms with E-state index in [0.29, 0.717) is 6.42 Å². The quantitative estimate of drug-likeness (QED) is 0.233. The van der Waals surface area contributed by atoms with Crippen molar-refractivity contribution in [1.82, 2.24) is 9.80 Å². The fourth-order valence-corrected chi connectivity index (χ4v) is 13.3. The van der Waals surface area contributed by atoms with Crippen LogP contribution in [0.15, 0.2) is 29.8 Å². The maximum atomic E-state index is 15.2. The van der Waals surface area contributed by atoms with Crippen LogP contribution >= 0.6 is 0 Å². The topological polar surface area (TPSA) is 71.5 Å². The zero-order valence-corrected chi connectivity index (χ0v) is 33.9. The summed E-state index contributed by atoms with van der Waals surface area (Å²) in [6.45, 7) is 20.5. The van der Waals surface area contributed by atoms with E-state index in [-0.39, 0.29) is 31.3 Å². The highest BCUT2D eigenvalue weighted by Crippen LogP contribution is 2.68. The minimum atomic E-state index is -0.919. The van der Waals surface area contributed by atoms with Crippen LogP contribution in [0.2, 0.25) is 0 Å². The fraction of sp³-hybridized carbons (Fsp3) is 0.553. The van der Waals surface area contributed by atoms with Crippen molar-refractivity contribution in [3.8, 4) is 11.5 Å². The van der Waals surface area contributed by atoms with Crippen molar-refractivity contribution < 1.29 is 24.1 Å². The van der Waals surface area contributed by atoms with Crippen LogP contribution in [-0.2, 0) is 27.9 Å². The Balaban J connectivity index is 1.26. The molecule has 54 heavy (non-hydrogen) atoms. The van der Waals surface area contributed by atoms with Gasteiger partial charge in [0.15, 0.2) is 11.5 Å². The van der Waals surface area contributed by atoms with E-state index in [4.69, 9.17) is 14.2 Å². The van der Waals surface area contributed by atoms with Gasteiger partial charge in [0.05, 0.1) is 22.5 Å². The average Bonchev–Trinajstić information content (AvgIpc) is 3.77. The maximum absolute atomic E-state index is 15.2. The highest BCUT2D eigenvalue weighted by molar-refractivity contribution is 5.89. The Morgan fingerprint density at radius 1 is 0.852 bits per heavy atom. The molecular weight excluding hydrogens is 673 g/mol. The second-order valence-corrected chi connectivity index (χ2v) is 18.8. The van der Waals surface area contributed by atoms with Gasteiger partial charge in [0.2, 0.25) is 6.79 Å². The highest BCUT2D eigenvalue weighted by Gasteiger charge is 2.71. The number of rotatable bonds is 0. The van der Waals surface area contributed by atoms with Crippen LogP contribution in [0.3, 0.4) is 0 Å². The number of aryl methyl sites for hydroxylation is 2. The molecule has 3 aromatic rings. The molecule has 2 fully saturated rings. The lowest BCUT2D eigenvalue weighted by Gasteiger charge is -2.73. The van der Waals surface area contributed by atoms with Gasteiger partial charge in [-0.3, -0.25) is 14.6 Å². The van der Waals surface area contributed by atoms with Crippen LogP contribution in [0, 0.1) is 47.0 Å². The predicted molar refractivity (Wildman–Crippen MR) is 210 cm³/mol. The third-order valence-corrected chi connectivity index (χ3v) is 16.4. The molecule has 3 unspecified atom stereocenters. The number of nitrogens with zero attached hydrogens (tertiary/aromatic N) is 2. The van der Waals surface area contributed by atoms with Gasteiger partial charge in [-0.05, 0) is 181 Å². The van der Waals surface area contributed by atoms with Crippen LogP contribution < -0.4 is 9.47 Å². The summed E-state index contributed by atoms with van der Waals surface area (Å²) < 4.78 is 19.6. The first-order chi connectivity index (χ1) is 25.6. The summed E-state index contributed by atoms with van der Waals surface area (Å²) >= 11 is 0. The molecule has 2 saturated heterocycles. The molecule has 1 spiro atoms. The molecule has 7 heteroatoms. The Labute approximate surface area is 320 Å². The number of ether oxygens (including phenoxy) is 3. The first-order valence-corrected chi connectivity index (χ1v) is 20.3. The van der Waals surface area contributed by atoms with Crippen molar-refractivity contribution in [3.05, 3.63) is 96.6 Å². The van der Waals surface area contributed by atoms with Crippen molar-refractivity contribution in [2.45, 2.75) is 142 Å². The summed E-state index contributed by atoms with van der Waals surface area (Å²) in [5.41, 5.74) is 15.2. The average molecular weight is 729 g/mol. The van der Waals surface area contributed by atoms with Gasteiger partial charge in [-0.1, -0.05) is 29.8 Å². The van der Waals surface area contributed by atoms with E-state index < -0.39 is 28.3 Å². The second-order valence-electron chi connectivity index (χ2n) is 18.8. The minimum Gasteiger partial charge on any atom is -0.463 e. The maximum Gasteiger partial charge on any atom is 0.316 e. The summed E-state index contributed by atoms with van der Waals surface area (Å²) in [5.74, 6) is 1.40. The molecule has 11 rings (SSSR count). The van der Waals surface area contributed by atoms with Crippen molar-refractivity contribution in [2.75, 3.05) is 20.4 Å². The number of carbonyl (C=O) groups is 1. The molecule has 0 saturated carbocycles. The molecule has 3 aromatic carbocycles. The third-order valence-electron chi connectivity index (χ3n) is 16.4. The number of hydrogen-bond donors (Lipinski definition) is 1. The van der Waals surface area contributed by atoms with Gasteiger partial charge in [-0.25, -0.2) is 0 Å². The number of aliphatic hydroxyl groups is 1. The zero-order valence-electron chi connectivity index (χ0n) is 33.9. The number of esters is 1. The van der Waals surface area contributed by atoms with Crippen molar-refractivity contribution in [2.24, 2.45) is 5.41 Å². The van der Waals surface area contributed by atoms with Crippen LogP contribution in [0.4, 0.5) is 0 Å². The smallest absolute Gasteiger partial charge is 0.316 e. The standard InChI is InChI=1S/C47H56N2O5/c1-24-13-14-30-20-35-32(33(30)18-24)12-11-16-47(35)17-15-34-37-28(5)29(6)39-40(54-23-53-39)38(37)45(8,22-52-43(47)51)49-42(50)44(7)21-31-19-25(2)26(3)27(4)36(31)41(48(44)10)46(34,49)9/h13-14,18-19,34,41-42,50H,11-12,15-17,20-23H2,1-10H3/t34-,41-,42?,44+,45+,46?,47?/m1/s1. The molecule has 8 aliphatic rings. The molecule has 4 bridgehead atoms. The summed E-state index contributed by atoms with van der Waals surface area (Å²) in [7, 11) is 2.25. The van der Waals surface area contributed by atoms with Crippen LogP contribution in [-0.4, -0.2) is 58.6 Å². The Kier molecular flexibility index (Phi) is 7.10. The predicted octanol–water partition coefficient (Wildman–Crippen LogP) is 8.48. The molecule has 6 aliphatic heterocycles. The van der Waals surface area contributed by atoms with Crippen LogP contribution in [0.25, 0.3) is 5.57 Å². The van der Waals surface area contributed by atoms with E-state index in [1.165, 1.54) is 66.8 Å². The van der Waals surface area contributed by atoms with E-state index in [9.17, 15) is 5.11 Å². The van der Waals surface area contributed by atoms with Gasteiger partial charge in [0, 0.05) is 17.0 Å². The zero-order chi connectivity index (χ0) is 38.0. The lowest BCUT2D eigenvalue weighted by Crippen LogP contribution is -2.82. The number of allylic oxidation sites excluding steroid dienone is 1. The van der Waals surface area contributed by atoms with E-state index in [2.05, 4.69) is 103 Å². The van der Waals surface area contributed by atoms with Gasteiger partial charge < -0.3 is 19.3 Å². The monoisotopic (exact) mass is 728 g/mol. The Bertz CT molecular complexity index is 2260. The first-order valence-electron chi connectivity index (χ1n) is 20.3. The molecule has 0 amide bonds. The van der Waals surface area contributed by atoms with E-state index in [0.717, 1.165) is 61.2 Å². The summed E-state index contributed by atoms with van der Waals surface area (Å²) in [5, 5.41) is 13.2. The number of likely N-dealkylation sites (N-methyl/N-ethyl adjacent to an activating group) is 1. The Morgan fingerprint density at radius 3 is 2.37 bits per heavy atom. The van der Waals surface area contributed by atoms with E-state index >= 15 is 4.79 Å². The first kappa shape index (κ1) is 34.8. The lowest BCUT2D eigenvalue weighted by atomic mass is 9.54. The highest BCUT2D eigenvalue weighted by atomic mass is 16.7. The second kappa shape index (κ2) is 11.0. The SMILES string of the molecule is Cc1ccc2c(c1)C1=C(C2)C2(CCC1)CC[C@@H]1c3c(C)c(C)c4c(c3[C@](C)(COC2=O)N2C(O)[C@]3(C)Cc5cc(C)c(C)c(C)c5[C@@H](N3C)C12C)OCO4. The number of fused-ring (bicyclic) bond motifs is 10. The van der Waals surface area contributed by atoms with Gasteiger partial charge in [-0.15, -0.1) is 0 Å². The Hall–Kier alpha value is -3.65. The molecule has 284 valence electrons. The largest absolute Gasteiger partial charge is 0.463 e. The summed E-state index contributed by atoms with van der Waals surface area (Å²) in [6.07, 6.45) is 4.91. The van der Waals surface area contributed by atoms with Crippen molar-refractivity contribution >= 4 is 11.5 Å². The van der Waals surface area contributed by atoms with Gasteiger partial charge in [-0.2, -0.15) is 0 Å². The number of carbonyl (C=O) groups excluding carboxylic acids is 1. The van der Waals surface area contributed by atoms with E-state index in [1.54, 1.807) is 0 Å². The third kappa shape index (κ3) is 3.96. The lowest BCUT2D eigenvalue weighted by molar-refractivity contribution is -0.277. The number of piperazine rings is 1. The normalized spacial score (nSPS) is 35.0. The number of aliphatic hydroxyl groups excluding tert-OH is 1. The number of benzene rings is 3. The fourth-order valence-electron chi connectivity index (χ4n) is 13.3. The van der Waals surface area contributed by atoms with Crippen LogP contribution in [0.1, 0.15) is 132 Å². The molecule has 0 radical (unpaired) electrons. The molecule has 0 aromatic heterocycles. The molecule has 6 heterocycles. The molecule has 7 atom stereocenters. The summed E-state index contributed by atoms with van der Waals surface area (Å²) in [6, 6.07) is 9.19. The van der Waals surface area contributed by atoms with Gasteiger partial charge in [0.25, 0.3) is 0 Å². The molecular formula is C47H56N2O5. The van der Waals surface area contributed by atoms with Gasteiger partial charge in [0.1, 0.15) is 12.8 Å². The molecule has 2 aliphatic carbocycles. The van der Waals surface area contributed by atoms with E-state index in [1.807, 2.05) is 0 Å². The van der Waals surface area contributed by atoms with Crippen molar-refractivity contribution in [3.63, 3.8) is 0 Å². The molecule has 7 nitrogen and oxygen atoms in total. The van der Waals surface area contributed by atoms with Crippen LogP contribution in [0.5, 0.6) is 11.5 Å². The van der Waals surface area contributed by atoms with Gasteiger partial charge >= 0.3 is 5.97 Å². The minimum absolute atomic E-state index is 0.0255.